The summed E-state index contributed by atoms with van der Waals surface area (Å²) < 4.78 is 7.63. The lowest BCUT2D eigenvalue weighted by atomic mass is 10.3. The molecule has 0 aliphatic carbocycles. The molecule has 1 aromatic heterocycles. The van der Waals surface area contributed by atoms with E-state index in [1.54, 1.807) is 30.3 Å². The third-order valence-corrected chi connectivity index (χ3v) is 4.13. The summed E-state index contributed by atoms with van der Waals surface area (Å²) in [6.07, 6.45) is 0. The molecule has 0 radical (unpaired) electrons. The second kappa shape index (κ2) is 6.97. The van der Waals surface area contributed by atoms with Crippen LogP contribution in [0.3, 0.4) is 0 Å². The molecule has 0 amide bonds. The van der Waals surface area contributed by atoms with E-state index in [-0.39, 0.29) is 13.2 Å². The third-order valence-electron chi connectivity index (χ3n) is 3.36. The molecule has 0 aliphatic rings. The summed E-state index contributed by atoms with van der Waals surface area (Å²) in [6.45, 7) is 0.640. The van der Waals surface area contributed by atoms with E-state index in [1.165, 1.54) is 0 Å². The highest BCUT2D eigenvalue weighted by atomic mass is 35.5. The van der Waals surface area contributed by atoms with E-state index in [4.69, 9.17) is 39.5 Å². The zero-order valence-electron chi connectivity index (χ0n) is 12.0. The maximum absolute atomic E-state index is 9.29. The molecule has 1 heterocycles. The average Bonchev–Trinajstić information content (AvgIpc) is 2.84. The summed E-state index contributed by atoms with van der Waals surface area (Å²) in [7, 11) is 0. The molecule has 0 atom stereocenters. The van der Waals surface area contributed by atoms with Gasteiger partial charge in [-0.3, -0.25) is 0 Å². The van der Waals surface area contributed by atoms with Crippen LogP contribution in [-0.2, 0) is 13.2 Å². The van der Waals surface area contributed by atoms with Crippen LogP contribution in [0.5, 0.6) is 5.75 Å². The number of aliphatic hydroxyl groups excluding tert-OH is 1. The van der Waals surface area contributed by atoms with E-state index in [2.05, 4.69) is 4.98 Å². The quantitative estimate of drug-likeness (QED) is 0.715. The standard InChI is InChI=1S/C16H13Cl3N2O2/c17-10-2-4-15(12(19)7-10)23-9-16-20-13-8-11(18)1-3-14(13)21(16)5-6-22/h1-4,7-8,22H,5-6,9H2. The molecule has 120 valence electrons. The molecule has 0 unspecified atom stereocenters. The Balaban J connectivity index is 1.90. The van der Waals surface area contributed by atoms with Gasteiger partial charge in [0.25, 0.3) is 0 Å². The van der Waals surface area contributed by atoms with Gasteiger partial charge >= 0.3 is 0 Å². The number of rotatable bonds is 5. The first kappa shape index (κ1) is 16.4. The van der Waals surface area contributed by atoms with Gasteiger partial charge in [-0.2, -0.15) is 0 Å². The van der Waals surface area contributed by atoms with Crippen molar-refractivity contribution in [3.63, 3.8) is 0 Å². The molecule has 0 saturated carbocycles. The smallest absolute Gasteiger partial charge is 0.148 e. The second-order valence-corrected chi connectivity index (χ2v) is 6.18. The number of aliphatic hydroxyl groups is 1. The van der Waals surface area contributed by atoms with E-state index in [9.17, 15) is 5.11 Å². The number of imidazole rings is 1. The molecule has 4 nitrogen and oxygen atoms in total. The molecule has 1 N–H and O–H groups in total. The predicted molar refractivity (Wildman–Crippen MR) is 92.6 cm³/mol. The highest BCUT2D eigenvalue weighted by Crippen LogP contribution is 2.28. The third kappa shape index (κ3) is 3.56. The number of hydrogen-bond acceptors (Lipinski definition) is 3. The van der Waals surface area contributed by atoms with Crippen LogP contribution in [0.4, 0.5) is 0 Å². The number of ether oxygens (including phenoxy) is 1. The zero-order valence-corrected chi connectivity index (χ0v) is 14.2. The number of nitrogens with zero attached hydrogens (tertiary/aromatic N) is 2. The van der Waals surface area contributed by atoms with Gasteiger partial charge in [0.15, 0.2) is 0 Å². The van der Waals surface area contributed by atoms with Crippen LogP contribution in [-0.4, -0.2) is 21.3 Å². The van der Waals surface area contributed by atoms with E-state index < -0.39 is 0 Å². The van der Waals surface area contributed by atoms with Crippen molar-refractivity contribution in [2.45, 2.75) is 13.2 Å². The van der Waals surface area contributed by atoms with E-state index in [1.807, 2.05) is 10.6 Å². The summed E-state index contributed by atoms with van der Waals surface area (Å²) in [4.78, 5) is 4.53. The van der Waals surface area contributed by atoms with Crippen LogP contribution >= 0.6 is 34.8 Å². The van der Waals surface area contributed by atoms with Gasteiger partial charge in [-0.15, -0.1) is 0 Å². The maximum Gasteiger partial charge on any atom is 0.148 e. The van der Waals surface area contributed by atoms with Gasteiger partial charge in [0, 0.05) is 16.6 Å². The van der Waals surface area contributed by atoms with Crippen molar-refractivity contribution < 1.29 is 9.84 Å². The molecule has 2 aromatic carbocycles. The minimum atomic E-state index is 0.00277. The highest BCUT2D eigenvalue weighted by molar-refractivity contribution is 6.35. The molecular formula is C16H13Cl3N2O2. The van der Waals surface area contributed by atoms with Crippen molar-refractivity contribution in [3.8, 4) is 5.75 Å². The van der Waals surface area contributed by atoms with E-state index in [0.29, 0.717) is 33.2 Å². The predicted octanol–water partition coefficient (Wildman–Crippen LogP) is 4.57. The lowest BCUT2D eigenvalue weighted by Gasteiger charge is -2.10. The van der Waals surface area contributed by atoms with Gasteiger partial charge in [0.05, 0.1) is 22.7 Å². The van der Waals surface area contributed by atoms with E-state index >= 15 is 0 Å². The van der Waals surface area contributed by atoms with Crippen LogP contribution in [0, 0.1) is 0 Å². The van der Waals surface area contributed by atoms with Crippen molar-refractivity contribution in [1.82, 2.24) is 9.55 Å². The fourth-order valence-electron chi connectivity index (χ4n) is 2.35. The van der Waals surface area contributed by atoms with Crippen molar-refractivity contribution in [3.05, 3.63) is 57.3 Å². The number of aromatic nitrogens is 2. The Bertz CT molecular complexity index is 849. The Morgan fingerprint density at radius 3 is 2.52 bits per heavy atom. The fraction of sp³-hybridized carbons (Fsp3) is 0.188. The summed E-state index contributed by atoms with van der Waals surface area (Å²) in [5.74, 6) is 1.21. The van der Waals surface area contributed by atoms with Gasteiger partial charge in [-0.05, 0) is 36.4 Å². The minimum absolute atomic E-state index is 0.00277. The molecule has 7 heteroatoms. The molecule has 0 saturated heterocycles. The Kier molecular flexibility index (Phi) is 4.97. The van der Waals surface area contributed by atoms with E-state index in [0.717, 1.165) is 11.0 Å². The number of fused-ring (bicyclic) bond motifs is 1. The van der Waals surface area contributed by atoms with Crippen molar-refractivity contribution in [1.29, 1.82) is 0 Å². The Morgan fingerprint density at radius 2 is 1.78 bits per heavy atom. The number of benzene rings is 2. The number of hydrogen-bond donors (Lipinski definition) is 1. The van der Waals surface area contributed by atoms with Gasteiger partial charge in [-0.1, -0.05) is 34.8 Å². The SMILES string of the molecule is OCCn1c(COc2ccc(Cl)cc2Cl)nc2cc(Cl)ccc21. The number of halogens is 3. The average molecular weight is 372 g/mol. The van der Waals surface area contributed by atoms with Crippen molar-refractivity contribution in [2.24, 2.45) is 0 Å². The van der Waals surface area contributed by atoms with Crippen LogP contribution in [0.1, 0.15) is 5.82 Å². The Morgan fingerprint density at radius 1 is 1.04 bits per heavy atom. The highest BCUT2D eigenvalue weighted by Gasteiger charge is 2.12. The summed E-state index contributed by atoms with van der Waals surface area (Å²) in [5.41, 5.74) is 1.65. The minimum Gasteiger partial charge on any atom is -0.484 e. The Labute approximate surface area is 148 Å². The van der Waals surface area contributed by atoms with Gasteiger partial charge < -0.3 is 14.4 Å². The summed E-state index contributed by atoms with van der Waals surface area (Å²) in [5, 5.41) is 10.9. The summed E-state index contributed by atoms with van der Waals surface area (Å²) in [6, 6.07) is 10.5. The van der Waals surface area contributed by atoms with Crippen LogP contribution < -0.4 is 4.74 Å². The molecular weight excluding hydrogens is 359 g/mol. The first-order valence-electron chi connectivity index (χ1n) is 6.92. The molecule has 0 fully saturated rings. The maximum atomic E-state index is 9.29. The van der Waals surface area contributed by atoms with Gasteiger partial charge in [-0.25, -0.2) is 4.98 Å². The van der Waals surface area contributed by atoms with Crippen molar-refractivity contribution >= 4 is 45.8 Å². The van der Waals surface area contributed by atoms with Crippen LogP contribution in [0.15, 0.2) is 36.4 Å². The normalized spacial score (nSPS) is 11.1. The Hall–Kier alpha value is -1.46. The van der Waals surface area contributed by atoms with Gasteiger partial charge in [0.1, 0.15) is 18.2 Å². The van der Waals surface area contributed by atoms with Crippen LogP contribution in [0.25, 0.3) is 11.0 Å². The molecule has 3 aromatic rings. The molecule has 0 spiro atoms. The second-order valence-electron chi connectivity index (χ2n) is 4.90. The zero-order chi connectivity index (χ0) is 16.4. The van der Waals surface area contributed by atoms with Gasteiger partial charge in [0.2, 0.25) is 0 Å². The largest absolute Gasteiger partial charge is 0.484 e. The molecule has 0 bridgehead atoms. The monoisotopic (exact) mass is 370 g/mol. The fourth-order valence-corrected chi connectivity index (χ4v) is 2.98. The first-order valence-corrected chi connectivity index (χ1v) is 8.05. The van der Waals surface area contributed by atoms with Crippen LogP contribution in [0.2, 0.25) is 15.1 Å². The first-order chi connectivity index (χ1) is 11.1. The molecule has 23 heavy (non-hydrogen) atoms. The molecule has 0 aliphatic heterocycles. The lowest BCUT2D eigenvalue weighted by molar-refractivity contribution is 0.260. The summed E-state index contributed by atoms with van der Waals surface area (Å²) >= 11 is 18.0. The van der Waals surface area contributed by atoms with Crippen molar-refractivity contribution in [2.75, 3.05) is 6.61 Å². The molecule has 3 rings (SSSR count). The lowest BCUT2D eigenvalue weighted by Crippen LogP contribution is -2.09. The topological polar surface area (TPSA) is 47.3 Å².